The Bertz CT molecular complexity index is 445. The Balaban J connectivity index is 2.60. The molecule has 4 N–H and O–H groups in total. The van der Waals surface area contributed by atoms with Gasteiger partial charge in [-0.05, 0) is 24.3 Å². The average Bonchev–Trinajstić information content (AvgIpc) is 2.29. The minimum Gasteiger partial charge on any atom is -0.366 e. The maximum absolute atomic E-state index is 11.2. The highest BCUT2D eigenvalue weighted by atomic mass is 35.5. The van der Waals surface area contributed by atoms with Crippen molar-refractivity contribution in [3.05, 3.63) is 29.8 Å². The second-order valence-corrected chi connectivity index (χ2v) is 3.34. The zero-order valence-electron chi connectivity index (χ0n) is 8.70. The van der Waals surface area contributed by atoms with Gasteiger partial charge in [-0.25, -0.2) is 4.79 Å². The minimum atomic E-state index is -0.692. The Hall–Kier alpha value is -2.08. The molecule has 6 nitrogen and oxygen atoms in total. The highest BCUT2D eigenvalue weighted by molar-refractivity contribution is 6.28. The maximum atomic E-state index is 11.2. The number of hydrogen-bond acceptors (Lipinski definition) is 3. The molecule has 0 aliphatic heterocycles. The van der Waals surface area contributed by atoms with Crippen molar-refractivity contribution in [1.29, 1.82) is 0 Å². The van der Waals surface area contributed by atoms with Crippen molar-refractivity contribution in [3.63, 3.8) is 0 Å². The van der Waals surface area contributed by atoms with Crippen LogP contribution in [-0.2, 0) is 4.79 Å². The average molecular weight is 256 g/mol. The standard InChI is InChI=1S/C10H10ClN3O3/c11-5-8(15)14-10(17)13-7-3-1-6(2-4-7)9(12)16/h1-4H,5H2,(H2,12,16)(H2,13,14,15,17). The van der Waals surface area contributed by atoms with Crippen molar-refractivity contribution < 1.29 is 14.4 Å². The van der Waals surface area contributed by atoms with Crippen molar-refractivity contribution in [2.45, 2.75) is 0 Å². The number of nitrogens with two attached hydrogens (primary N) is 1. The molecule has 0 bridgehead atoms. The summed E-state index contributed by atoms with van der Waals surface area (Å²) in [6, 6.07) is 5.21. The summed E-state index contributed by atoms with van der Waals surface area (Å²) in [5, 5.41) is 4.39. The fourth-order valence-electron chi connectivity index (χ4n) is 1.04. The monoisotopic (exact) mass is 255 g/mol. The quantitative estimate of drug-likeness (QED) is 0.692. The summed E-state index contributed by atoms with van der Waals surface area (Å²) in [6.45, 7) is 0. The lowest BCUT2D eigenvalue weighted by Gasteiger charge is -2.05. The van der Waals surface area contributed by atoms with Crippen LogP contribution in [0.2, 0.25) is 0 Å². The first kappa shape index (κ1) is 13.0. The third kappa shape index (κ3) is 4.12. The van der Waals surface area contributed by atoms with Crippen molar-refractivity contribution in [2.75, 3.05) is 11.2 Å². The van der Waals surface area contributed by atoms with Gasteiger partial charge in [0.1, 0.15) is 5.88 Å². The highest BCUT2D eigenvalue weighted by Gasteiger charge is 2.06. The predicted octanol–water partition coefficient (Wildman–Crippen LogP) is 0.672. The van der Waals surface area contributed by atoms with E-state index in [4.69, 9.17) is 17.3 Å². The molecule has 0 heterocycles. The van der Waals surface area contributed by atoms with Gasteiger partial charge in [0.15, 0.2) is 0 Å². The molecule has 1 aromatic rings. The van der Waals surface area contributed by atoms with Crippen LogP contribution in [-0.4, -0.2) is 23.7 Å². The summed E-state index contributed by atoms with van der Waals surface area (Å²) < 4.78 is 0. The third-order valence-electron chi connectivity index (χ3n) is 1.80. The van der Waals surface area contributed by atoms with Gasteiger partial charge in [0, 0.05) is 11.3 Å². The number of primary amides is 1. The number of benzene rings is 1. The van der Waals surface area contributed by atoms with Crippen LogP contribution >= 0.6 is 11.6 Å². The van der Waals surface area contributed by atoms with Gasteiger partial charge >= 0.3 is 6.03 Å². The Labute approximate surface area is 102 Å². The molecule has 0 aliphatic rings. The Kier molecular flexibility index (Phi) is 4.47. The molecule has 1 aromatic carbocycles. The molecule has 0 aliphatic carbocycles. The van der Waals surface area contributed by atoms with Crippen LogP contribution in [0.15, 0.2) is 24.3 Å². The van der Waals surface area contributed by atoms with Crippen LogP contribution in [0.5, 0.6) is 0 Å². The normalized spacial score (nSPS) is 9.47. The van der Waals surface area contributed by atoms with Crippen LogP contribution in [0.3, 0.4) is 0 Å². The number of carbonyl (C=O) groups excluding carboxylic acids is 3. The fourth-order valence-corrected chi connectivity index (χ4v) is 1.11. The molecule has 0 atom stereocenters. The molecular formula is C10H10ClN3O3. The lowest BCUT2D eigenvalue weighted by Crippen LogP contribution is -2.35. The third-order valence-corrected chi connectivity index (χ3v) is 2.04. The second-order valence-electron chi connectivity index (χ2n) is 3.08. The molecule has 0 aromatic heterocycles. The summed E-state index contributed by atoms with van der Waals surface area (Å²) in [4.78, 5) is 32.8. The van der Waals surface area contributed by atoms with Gasteiger partial charge in [-0.1, -0.05) is 0 Å². The van der Waals surface area contributed by atoms with Crippen molar-refractivity contribution in [1.82, 2.24) is 5.32 Å². The number of alkyl halides is 1. The molecule has 1 rings (SSSR count). The van der Waals surface area contributed by atoms with Crippen molar-refractivity contribution >= 4 is 35.1 Å². The second kappa shape index (κ2) is 5.86. The molecule has 0 unspecified atom stereocenters. The number of nitrogens with one attached hydrogen (secondary N) is 2. The summed E-state index contributed by atoms with van der Waals surface area (Å²) in [6.07, 6.45) is 0. The van der Waals surface area contributed by atoms with E-state index in [9.17, 15) is 14.4 Å². The van der Waals surface area contributed by atoms with Gasteiger partial charge in [0.2, 0.25) is 11.8 Å². The molecular weight excluding hydrogens is 246 g/mol. The molecule has 0 saturated heterocycles. The molecule has 0 saturated carbocycles. The summed E-state index contributed by atoms with van der Waals surface area (Å²) >= 11 is 5.21. The zero-order valence-corrected chi connectivity index (χ0v) is 9.45. The number of hydrogen-bond donors (Lipinski definition) is 3. The summed E-state index contributed by atoms with van der Waals surface area (Å²) in [5.41, 5.74) is 5.80. The van der Waals surface area contributed by atoms with Gasteiger partial charge in [-0.3, -0.25) is 14.9 Å². The van der Waals surface area contributed by atoms with Crippen molar-refractivity contribution in [2.24, 2.45) is 5.73 Å². The molecule has 0 fully saturated rings. The van der Waals surface area contributed by atoms with Crippen LogP contribution in [0.25, 0.3) is 0 Å². The smallest absolute Gasteiger partial charge is 0.325 e. The van der Waals surface area contributed by atoms with E-state index in [-0.39, 0.29) is 5.88 Å². The van der Waals surface area contributed by atoms with Crippen LogP contribution < -0.4 is 16.4 Å². The van der Waals surface area contributed by atoms with E-state index in [1.807, 2.05) is 5.32 Å². The predicted molar refractivity (Wildman–Crippen MR) is 62.8 cm³/mol. The first-order valence-corrected chi connectivity index (χ1v) is 5.13. The number of urea groups is 1. The van der Waals surface area contributed by atoms with Crippen LogP contribution in [0, 0.1) is 0 Å². The molecule has 0 radical (unpaired) electrons. The van der Waals surface area contributed by atoms with Gasteiger partial charge in [-0.2, -0.15) is 0 Å². The van der Waals surface area contributed by atoms with E-state index < -0.39 is 17.8 Å². The van der Waals surface area contributed by atoms with Gasteiger partial charge in [0.25, 0.3) is 0 Å². The molecule has 17 heavy (non-hydrogen) atoms. The van der Waals surface area contributed by atoms with E-state index in [1.54, 1.807) is 0 Å². The van der Waals surface area contributed by atoms with E-state index in [1.165, 1.54) is 24.3 Å². The fraction of sp³-hybridized carbons (Fsp3) is 0.100. The molecule has 0 spiro atoms. The lowest BCUT2D eigenvalue weighted by molar-refractivity contribution is -0.117. The van der Waals surface area contributed by atoms with Crippen LogP contribution in [0.4, 0.5) is 10.5 Å². The topological polar surface area (TPSA) is 101 Å². The van der Waals surface area contributed by atoms with Gasteiger partial charge in [0.05, 0.1) is 0 Å². The number of carbonyl (C=O) groups is 3. The van der Waals surface area contributed by atoms with E-state index in [2.05, 4.69) is 5.32 Å². The van der Waals surface area contributed by atoms with E-state index in [0.29, 0.717) is 11.3 Å². The Morgan fingerprint density at radius 2 is 1.76 bits per heavy atom. The summed E-state index contributed by atoms with van der Waals surface area (Å²) in [5.74, 6) is -1.45. The lowest BCUT2D eigenvalue weighted by atomic mass is 10.2. The maximum Gasteiger partial charge on any atom is 0.325 e. The van der Waals surface area contributed by atoms with Crippen molar-refractivity contribution in [3.8, 4) is 0 Å². The van der Waals surface area contributed by atoms with Gasteiger partial charge < -0.3 is 11.1 Å². The summed E-state index contributed by atoms with van der Waals surface area (Å²) in [7, 11) is 0. The number of halogens is 1. The zero-order chi connectivity index (χ0) is 12.8. The van der Waals surface area contributed by atoms with Gasteiger partial charge in [-0.15, -0.1) is 11.6 Å². The number of rotatable bonds is 3. The SMILES string of the molecule is NC(=O)c1ccc(NC(=O)NC(=O)CCl)cc1. The number of imide groups is 1. The first-order valence-electron chi connectivity index (χ1n) is 4.59. The number of anilines is 1. The van der Waals surface area contributed by atoms with E-state index in [0.717, 1.165) is 0 Å². The largest absolute Gasteiger partial charge is 0.366 e. The molecule has 90 valence electrons. The van der Waals surface area contributed by atoms with Crippen LogP contribution in [0.1, 0.15) is 10.4 Å². The van der Waals surface area contributed by atoms with E-state index >= 15 is 0 Å². The minimum absolute atomic E-state index is 0.298. The Morgan fingerprint density at radius 3 is 2.24 bits per heavy atom. The number of amides is 4. The molecule has 4 amide bonds. The first-order chi connectivity index (χ1) is 8.02. The molecule has 7 heteroatoms. The highest BCUT2D eigenvalue weighted by Crippen LogP contribution is 2.08. The Morgan fingerprint density at radius 1 is 1.18 bits per heavy atom.